The summed E-state index contributed by atoms with van der Waals surface area (Å²) < 4.78 is 19.0. The summed E-state index contributed by atoms with van der Waals surface area (Å²) in [5, 5.41) is 0. The van der Waals surface area contributed by atoms with Crippen molar-refractivity contribution in [1.29, 1.82) is 0 Å². The Kier molecular flexibility index (Phi) is 4.29. The topological polar surface area (TPSA) is 26.3 Å². The first kappa shape index (κ1) is 14.9. The summed E-state index contributed by atoms with van der Waals surface area (Å²) in [5.41, 5.74) is 1.90. The maximum atomic E-state index is 13.4. The number of ketones is 1. The highest BCUT2D eigenvalue weighted by Crippen LogP contribution is 2.28. The van der Waals surface area contributed by atoms with Gasteiger partial charge in [0.2, 0.25) is 0 Å². The highest BCUT2D eigenvalue weighted by atomic mass is 32.2. The van der Waals surface area contributed by atoms with Crippen LogP contribution in [0.25, 0.3) is 6.08 Å². The SMILES string of the molecule is CSc1ccc(/C=C2\CCOc3ccc(F)cc3C2=O)cc1. The summed E-state index contributed by atoms with van der Waals surface area (Å²) in [4.78, 5) is 13.8. The summed E-state index contributed by atoms with van der Waals surface area (Å²) in [7, 11) is 0. The summed E-state index contributed by atoms with van der Waals surface area (Å²) in [5.74, 6) is -0.144. The first-order chi connectivity index (χ1) is 10.7. The van der Waals surface area contributed by atoms with Gasteiger partial charge in [0.05, 0.1) is 12.2 Å². The van der Waals surface area contributed by atoms with Crippen molar-refractivity contribution >= 4 is 23.6 Å². The van der Waals surface area contributed by atoms with Gasteiger partial charge in [-0.15, -0.1) is 11.8 Å². The quantitative estimate of drug-likeness (QED) is 0.599. The molecule has 0 N–H and O–H groups in total. The molecule has 1 heterocycles. The third-order valence-electron chi connectivity index (χ3n) is 3.56. The number of benzene rings is 2. The van der Waals surface area contributed by atoms with Crippen molar-refractivity contribution in [2.45, 2.75) is 11.3 Å². The van der Waals surface area contributed by atoms with E-state index in [1.807, 2.05) is 36.6 Å². The number of ether oxygens (including phenoxy) is 1. The molecular weight excluding hydrogens is 299 g/mol. The molecule has 0 spiro atoms. The molecule has 0 fully saturated rings. The molecule has 112 valence electrons. The Morgan fingerprint density at radius 2 is 1.95 bits per heavy atom. The average Bonchev–Trinajstić information content (AvgIpc) is 2.68. The number of hydrogen-bond donors (Lipinski definition) is 0. The zero-order valence-corrected chi connectivity index (χ0v) is 13.0. The highest BCUT2D eigenvalue weighted by Gasteiger charge is 2.21. The summed E-state index contributed by atoms with van der Waals surface area (Å²) in [6.07, 6.45) is 4.39. The van der Waals surface area contributed by atoms with Crippen molar-refractivity contribution in [2.75, 3.05) is 12.9 Å². The molecular formula is C18H15FO2S. The van der Waals surface area contributed by atoms with E-state index in [4.69, 9.17) is 4.74 Å². The molecule has 2 aromatic rings. The fraction of sp³-hybridized carbons (Fsp3) is 0.167. The number of halogens is 1. The molecule has 0 bridgehead atoms. The van der Waals surface area contributed by atoms with E-state index >= 15 is 0 Å². The van der Waals surface area contributed by atoms with Crippen molar-refractivity contribution in [3.8, 4) is 5.75 Å². The van der Waals surface area contributed by atoms with E-state index in [9.17, 15) is 9.18 Å². The Labute approximate surface area is 133 Å². The number of thioether (sulfide) groups is 1. The standard InChI is InChI=1S/C18H15FO2S/c1-22-15-5-2-12(3-6-15)10-13-8-9-21-17-7-4-14(19)11-16(17)18(13)20/h2-7,10-11H,8-9H2,1H3/b13-10+. The molecule has 0 saturated carbocycles. The Morgan fingerprint density at radius 1 is 1.18 bits per heavy atom. The van der Waals surface area contributed by atoms with Crippen LogP contribution < -0.4 is 4.74 Å². The zero-order valence-electron chi connectivity index (χ0n) is 12.1. The minimum atomic E-state index is -0.429. The molecule has 22 heavy (non-hydrogen) atoms. The van der Waals surface area contributed by atoms with E-state index in [1.165, 1.54) is 23.1 Å². The molecule has 0 radical (unpaired) electrons. The Bertz CT molecular complexity index is 735. The molecule has 4 heteroatoms. The lowest BCUT2D eigenvalue weighted by Crippen LogP contribution is -2.02. The molecule has 0 amide bonds. The maximum absolute atomic E-state index is 13.4. The van der Waals surface area contributed by atoms with Crippen LogP contribution >= 0.6 is 11.8 Å². The fourth-order valence-electron chi connectivity index (χ4n) is 2.40. The van der Waals surface area contributed by atoms with E-state index in [0.717, 1.165) is 5.56 Å². The van der Waals surface area contributed by atoms with Crippen molar-refractivity contribution in [1.82, 2.24) is 0 Å². The summed E-state index contributed by atoms with van der Waals surface area (Å²) >= 11 is 1.67. The first-order valence-corrected chi connectivity index (χ1v) is 8.21. The number of fused-ring (bicyclic) bond motifs is 1. The van der Waals surface area contributed by atoms with Gasteiger partial charge < -0.3 is 4.74 Å². The predicted octanol–water partition coefficient (Wildman–Crippen LogP) is 4.60. The second-order valence-corrected chi connectivity index (χ2v) is 5.89. The molecule has 1 aliphatic heterocycles. The Balaban J connectivity index is 1.96. The molecule has 0 aromatic heterocycles. The van der Waals surface area contributed by atoms with Crippen LogP contribution in [0.15, 0.2) is 52.9 Å². The van der Waals surface area contributed by atoms with Crippen LogP contribution in [0.1, 0.15) is 22.3 Å². The van der Waals surface area contributed by atoms with Gasteiger partial charge in [0.15, 0.2) is 5.78 Å². The average molecular weight is 314 g/mol. The van der Waals surface area contributed by atoms with Gasteiger partial charge in [-0.05, 0) is 48.2 Å². The number of Topliss-reactive ketones (excluding diaryl/α,β-unsaturated/α-hetero) is 1. The second kappa shape index (κ2) is 6.36. The highest BCUT2D eigenvalue weighted by molar-refractivity contribution is 7.98. The number of rotatable bonds is 2. The van der Waals surface area contributed by atoms with Gasteiger partial charge >= 0.3 is 0 Å². The third kappa shape index (κ3) is 3.07. The predicted molar refractivity (Wildman–Crippen MR) is 87.0 cm³/mol. The van der Waals surface area contributed by atoms with Crippen LogP contribution in [-0.4, -0.2) is 18.6 Å². The minimum absolute atomic E-state index is 0.166. The third-order valence-corrected chi connectivity index (χ3v) is 4.31. The van der Waals surface area contributed by atoms with Gasteiger partial charge in [0.1, 0.15) is 11.6 Å². The van der Waals surface area contributed by atoms with Crippen LogP contribution in [0, 0.1) is 5.82 Å². The van der Waals surface area contributed by atoms with E-state index in [1.54, 1.807) is 11.8 Å². The number of hydrogen-bond acceptors (Lipinski definition) is 3. The van der Waals surface area contributed by atoms with E-state index in [2.05, 4.69) is 0 Å². The van der Waals surface area contributed by atoms with Gasteiger partial charge in [-0.3, -0.25) is 4.79 Å². The summed E-state index contributed by atoms with van der Waals surface area (Å²) in [6, 6.07) is 12.0. The van der Waals surface area contributed by atoms with Crippen LogP contribution in [0.3, 0.4) is 0 Å². The summed E-state index contributed by atoms with van der Waals surface area (Å²) in [6.45, 7) is 0.416. The smallest absolute Gasteiger partial charge is 0.192 e. The van der Waals surface area contributed by atoms with Crippen molar-refractivity contribution < 1.29 is 13.9 Å². The molecule has 2 nitrogen and oxygen atoms in total. The molecule has 3 rings (SSSR count). The van der Waals surface area contributed by atoms with Gasteiger partial charge in [-0.2, -0.15) is 0 Å². The van der Waals surface area contributed by atoms with Crippen LogP contribution in [0.4, 0.5) is 4.39 Å². The van der Waals surface area contributed by atoms with Crippen molar-refractivity contribution in [2.24, 2.45) is 0 Å². The monoisotopic (exact) mass is 314 g/mol. The molecule has 2 aromatic carbocycles. The Hall–Kier alpha value is -2.07. The molecule has 0 saturated heterocycles. The second-order valence-electron chi connectivity index (χ2n) is 5.01. The van der Waals surface area contributed by atoms with E-state index in [0.29, 0.717) is 29.9 Å². The molecule has 0 atom stereocenters. The largest absolute Gasteiger partial charge is 0.492 e. The normalized spacial score (nSPS) is 16.1. The van der Waals surface area contributed by atoms with Gasteiger partial charge in [0.25, 0.3) is 0 Å². The van der Waals surface area contributed by atoms with Gasteiger partial charge in [0, 0.05) is 16.9 Å². The lowest BCUT2D eigenvalue weighted by atomic mass is 9.99. The zero-order chi connectivity index (χ0) is 15.5. The van der Waals surface area contributed by atoms with Gasteiger partial charge in [-0.1, -0.05) is 12.1 Å². The van der Waals surface area contributed by atoms with Crippen molar-refractivity contribution in [3.05, 3.63) is 65.0 Å². The van der Waals surface area contributed by atoms with Gasteiger partial charge in [-0.25, -0.2) is 4.39 Å². The van der Waals surface area contributed by atoms with Crippen molar-refractivity contribution in [3.63, 3.8) is 0 Å². The lowest BCUT2D eigenvalue weighted by Gasteiger charge is -2.05. The molecule has 0 aliphatic carbocycles. The minimum Gasteiger partial charge on any atom is -0.492 e. The lowest BCUT2D eigenvalue weighted by molar-refractivity contribution is 0.103. The van der Waals surface area contributed by atoms with Crippen LogP contribution in [0.2, 0.25) is 0 Å². The number of carbonyl (C=O) groups excluding carboxylic acids is 1. The number of carbonyl (C=O) groups is 1. The maximum Gasteiger partial charge on any atom is 0.192 e. The fourth-order valence-corrected chi connectivity index (χ4v) is 2.81. The van der Waals surface area contributed by atoms with Crippen LogP contribution in [0.5, 0.6) is 5.75 Å². The molecule has 0 unspecified atom stereocenters. The van der Waals surface area contributed by atoms with E-state index < -0.39 is 5.82 Å². The first-order valence-electron chi connectivity index (χ1n) is 6.99. The van der Waals surface area contributed by atoms with E-state index in [-0.39, 0.29) is 5.78 Å². The van der Waals surface area contributed by atoms with Crippen LogP contribution in [-0.2, 0) is 0 Å². The molecule has 1 aliphatic rings. The Morgan fingerprint density at radius 3 is 2.68 bits per heavy atom.